The van der Waals surface area contributed by atoms with Crippen LogP contribution in [0.25, 0.3) is 0 Å². The van der Waals surface area contributed by atoms with E-state index in [9.17, 15) is 4.79 Å². The maximum atomic E-state index is 12.2. The van der Waals surface area contributed by atoms with Gasteiger partial charge in [0.05, 0.1) is 0 Å². The van der Waals surface area contributed by atoms with Crippen LogP contribution in [0.15, 0.2) is 29.4 Å². The van der Waals surface area contributed by atoms with E-state index in [0.717, 1.165) is 11.8 Å². The molecule has 1 aromatic carbocycles. The average molecular weight is 303 g/mol. The lowest BCUT2D eigenvalue weighted by molar-refractivity contribution is 0.0942. The number of carbonyl (C=O) groups is 1. The standard InChI is InChI=1S/C17H19ClN2O/c18-15-3-1-2-12(9-15)17(21)20-19-16-13-5-10-4-11(7-13)8-14(16)6-10/h1-3,9-11,13-14H,4-8H2,(H,20,21). The lowest BCUT2D eigenvalue weighted by Crippen LogP contribution is -2.46. The van der Waals surface area contributed by atoms with Crippen LogP contribution in [-0.2, 0) is 0 Å². The van der Waals surface area contributed by atoms with E-state index in [4.69, 9.17) is 11.6 Å². The van der Waals surface area contributed by atoms with Gasteiger partial charge < -0.3 is 0 Å². The molecule has 0 heterocycles. The lowest BCUT2D eigenvalue weighted by Gasteiger charge is -2.50. The molecule has 4 heteroatoms. The molecule has 4 aliphatic carbocycles. The molecule has 21 heavy (non-hydrogen) atoms. The number of halogens is 1. The molecular formula is C17H19ClN2O. The Morgan fingerprint density at radius 3 is 2.38 bits per heavy atom. The van der Waals surface area contributed by atoms with Crippen LogP contribution in [0.2, 0.25) is 5.02 Å². The molecule has 0 spiro atoms. The summed E-state index contributed by atoms with van der Waals surface area (Å²) in [6.07, 6.45) is 6.53. The van der Waals surface area contributed by atoms with Gasteiger partial charge in [0.1, 0.15) is 0 Å². The van der Waals surface area contributed by atoms with Crippen LogP contribution in [0.4, 0.5) is 0 Å². The smallest absolute Gasteiger partial charge is 0.267 e. The van der Waals surface area contributed by atoms with Crippen LogP contribution in [-0.4, -0.2) is 11.6 Å². The van der Waals surface area contributed by atoms with Gasteiger partial charge >= 0.3 is 0 Å². The molecule has 0 radical (unpaired) electrons. The average Bonchev–Trinajstić information content (AvgIpc) is 2.45. The Morgan fingerprint density at radius 1 is 1.10 bits per heavy atom. The fourth-order valence-corrected chi connectivity index (χ4v) is 4.85. The Kier molecular flexibility index (Phi) is 3.26. The van der Waals surface area contributed by atoms with Crippen molar-refractivity contribution in [3.63, 3.8) is 0 Å². The number of benzene rings is 1. The topological polar surface area (TPSA) is 41.5 Å². The highest BCUT2D eigenvalue weighted by Gasteiger charge is 2.46. The summed E-state index contributed by atoms with van der Waals surface area (Å²) < 4.78 is 0. The Hall–Kier alpha value is -1.35. The summed E-state index contributed by atoms with van der Waals surface area (Å²) >= 11 is 5.92. The Bertz CT molecular complexity index is 581. The van der Waals surface area contributed by atoms with Gasteiger partial charge in [-0.1, -0.05) is 17.7 Å². The molecule has 0 aliphatic heterocycles. The lowest BCUT2D eigenvalue weighted by atomic mass is 9.55. The summed E-state index contributed by atoms with van der Waals surface area (Å²) in [7, 11) is 0. The number of hydrogen-bond donors (Lipinski definition) is 1. The molecule has 4 bridgehead atoms. The molecule has 0 atom stereocenters. The first-order valence-electron chi connectivity index (χ1n) is 7.82. The third kappa shape index (κ3) is 2.48. The first kappa shape index (κ1) is 13.3. The van der Waals surface area contributed by atoms with E-state index in [2.05, 4.69) is 10.5 Å². The second kappa shape index (κ2) is 5.13. The van der Waals surface area contributed by atoms with Crippen LogP contribution in [0.3, 0.4) is 0 Å². The molecule has 1 aromatic rings. The number of nitrogens with zero attached hydrogens (tertiary/aromatic N) is 1. The molecular weight excluding hydrogens is 284 g/mol. The normalized spacial score (nSPS) is 33.1. The van der Waals surface area contributed by atoms with Crippen molar-refractivity contribution in [3.05, 3.63) is 34.9 Å². The van der Waals surface area contributed by atoms with Crippen molar-refractivity contribution in [3.8, 4) is 0 Å². The fourth-order valence-electron chi connectivity index (χ4n) is 4.66. The van der Waals surface area contributed by atoms with Crippen molar-refractivity contribution in [1.29, 1.82) is 0 Å². The number of hydrogen-bond acceptors (Lipinski definition) is 2. The highest BCUT2D eigenvalue weighted by atomic mass is 35.5. The third-order valence-electron chi connectivity index (χ3n) is 5.35. The van der Waals surface area contributed by atoms with E-state index in [-0.39, 0.29) is 5.91 Å². The van der Waals surface area contributed by atoms with Crippen LogP contribution in [0, 0.1) is 23.7 Å². The van der Waals surface area contributed by atoms with Gasteiger partial charge in [-0.3, -0.25) is 4.79 Å². The maximum absolute atomic E-state index is 12.2. The molecule has 5 rings (SSSR count). The van der Waals surface area contributed by atoms with E-state index in [0.29, 0.717) is 22.4 Å². The summed E-state index contributed by atoms with van der Waals surface area (Å²) in [4.78, 5) is 12.2. The van der Waals surface area contributed by atoms with Crippen molar-refractivity contribution >= 4 is 23.2 Å². The Morgan fingerprint density at radius 2 is 1.76 bits per heavy atom. The fraction of sp³-hybridized carbons (Fsp3) is 0.529. The quantitative estimate of drug-likeness (QED) is 0.828. The summed E-state index contributed by atoms with van der Waals surface area (Å²) in [6.45, 7) is 0. The van der Waals surface area contributed by atoms with Gasteiger partial charge in [0.2, 0.25) is 0 Å². The summed E-state index contributed by atoms with van der Waals surface area (Å²) in [6, 6.07) is 6.99. The van der Waals surface area contributed by atoms with E-state index in [1.165, 1.54) is 37.8 Å². The van der Waals surface area contributed by atoms with Crippen molar-refractivity contribution in [2.24, 2.45) is 28.8 Å². The molecule has 3 nitrogen and oxygen atoms in total. The van der Waals surface area contributed by atoms with Crippen LogP contribution in [0.5, 0.6) is 0 Å². The first-order chi connectivity index (χ1) is 10.2. The number of nitrogens with one attached hydrogen (secondary N) is 1. The summed E-state index contributed by atoms with van der Waals surface area (Å²) in [5.41, 5.74) is 4.56. The maximum Gasteiger partial charge on any atom is 0.271 e. The van der Waals surface area contributed by atoms with Gasteiger partial charge in [-0.15, -0.1) is 0 Å². The molecule has 4 fully saturated rings. The van der Waals surface area contributed by atoms with Crippen molar-refractivity contribution < 1.29 is 4.79 Å². The Balaban J connectivity index is 1.49. The molecule has 4 aliphatic rings. The van der Waals surface area contributed by atoms with Gasteiger partial charge in [0, 0.05) is 16.3 Å². The molecule has 1 amide bonds. The van der Waals surface area contributed by atoms with Gasteiger partial charge in [0.25, 0.3) is 5.91 Å². The van der Waals surface area contributed by atoms with E-state index in [1.54, 1.807) is 24.3 Å². The van der Waals surface area contributed by atoms with Gasteiger partial charge in [-0.25, -0.2) is 5.43 Å². The van der Waals surface area contributed by atoms with Crippen LogP contribution >= 0.6 is 11.6 Å². The Labute approximate surface area is 129 Å². The van der Waals surface area contributed by atoms with Crippen LogP contribution in [0.1, 0.15) is 42.5 Å². The molecule has 1 N–H and O–H groups in total. The number of rotatable bonds is 2. The van der Waals surface area contributed by atoms with Crippen molar-refractivity contribution in [2.75, 3.05) is 0 Å². The second-order valence-corrected chi connectivity index (χ2v) is 7.23. The summed E-state index contributed by atoms with van der Waals surface area (Å²) in [5.74, 6) is 2.88. The third-order valence-corrected chi connectivity index (χ3v) is 5.58. The van der Waals surface area contributed by atoms with Gasteiger partial charge in [0.15, 0.2) is 0 Å². The minimum absolute atomic E-state index is 0.168. The van der Waals surface area contributed by atoms with Gasteiger partial charge in [-0.05, 0) is 74.0 Å². The number of amides is 1. The SMILES string of the molecule is O=C(NN=C1C2CC3CC(C2)CC1C3)c1cccc(Cl)c1. The van der Waals surface area contributed by atoms with E-state index in [1.807, 2.05) is 0 Å². The zero-order valence-corrected chi connectivity index (χ0v) is 12.6. The predicted molar refractivity (Wildman–Crippen MR) is 83.4 cm³/mol. The number of hydrazone groups is 1. The summed E-state index contributed by atoms with van der Waals surface area (Å²) in [5, 5.41) is 5.08. The minimum atomic E-state index is -0.168. The largest absolute Gasteiger partial charge is 0.271 e. The molecule has 4 saturated carbocycles. The van der Waals surface area contributed by atoms with Crippen molar-refractivity contribution in [2.45, 2.75) is 32.1 Å². The highest BCUT2D eigenvalue weighted by molar-refractivity contribution is 6.30. The van der Waals surface area contributed by atoms with Crippen molar-refractivity contribution in [1.82, 2.24) is 5.43 Å². The van der Waals surface area contributed by atoms with Crippen LogP contribution < -0.4 is 5.43 Å². The predicted octanol–water partition coefficient (Wildman–Crippen LogP) is 3.88. The zero-order chi connectivity index (χ0) is 14.4. The second-order valence-electron chi connectivity index (χ2n) is 6.79. The highest BCUT2D eigenvalue weighted by Crippen LogP contribution is 2.52. The number of carbonyl (C=O) groups excluding carboxylic acids is 1. The van der Waals surface area contributed by atoms with Gasteiger partial charge in [-0.2, -0.15) is 5.10 Å². The van der Waals surface area contributed by atoms with E-state index >= 15 is 0 Å². The molecule has 0 aromatic heterocycles. The first-order valence-corrected chi connectivity index (χ1v) is 8.20. The minimum Gasteiger partial charge on any atom is -0.267 e. The molecule has 0 unspecified atom stereocenters. The monoisotopic (exact) mass is 302 g/mol. The zero-order valence-electron chi connectivity index (χ0n) is 11.9. The molecule has 0 saturated heterocycles. The van der Waals surface area contributed by atoms with E-state index < -0.39 is 0 Å². The molecule has 110 valence electrons.